The van der Waals surface area contributed by atoms with E-state index in [0.29, 0.717) is 18.1 Å². The standard InChI is InChI=1S/C17H13N3O2S2/c1-21-12-5-2-4-11(8-12)13-10-24-16(18-13)9-15-19-17(20-22-15)14-6-3-7-23-14/h2-8,10H,9H2,1H3. The lowest BCUT2D eigenvalue weighted by molar-refractivity contribution is 0.385. The van der Waals surface area contributed by atoms with Crippen molar-refractivity contribution in [1.29, 1.82) is 0 Å². The predicted molar refractivity (Wildman–Crippen MR) is 94.5 cm³/mol. The maximum atomic E-state index is 5.34. The van der Waals surface area contributed by atoms with E-state index in [9.17, 15) is 0 Å². The molecule has 0 fully saturated rings. The van der Waals surface area contributed by atoms with Crippen LogP contribution in [0.5, 0.6) is 5.75 Å². The predicted octanol–water partition coefficient (Wildman–Crippen LogP) is 4.52. The molecule has 0 aliphatic rings. The van der Waals surface area contributed by atoms with Gasteiger partial charge in [-0.05, 0) is 23.6 Å². The van der Waals surface area contributed by atoms with Crippen molar-refractivity contribution in [3.63, 3.8) is 0 Å². The minimum absolute atomic E-state index is 0.535. The van der Waals surface area contributed by atoms with Gasteiger partial charge in [-0.2, -0.15) is 4.98 Å². The summed E-state index contributed by atoms with van der Waals surface area (Å²) in [5.41, 5.74) is 1.95. The number of thiophene rings is 1. The van der Waals surface area contributed by atoms with Crippen LogP contribution in [0.1, 0.15) is 10.9 Å². The van der Waals surface area contributed by atoms with Crippen molar-refractivity contribution in [3.05, 3.63) is 58.1 Å². The second kappa shape index (κ2) is 6.54. The molecule has 24 heavy (non-hydrogen) atoms. The number of hydrogen-bond donors (Lipinski definition) is 0. The quantitative estimate of drug-likeness (QED) is 0.527. The SMILES string of the molecule is COc1cccc(-c2csc(Cc3nc(-c4cccs4)no3)n2)c1. The second-order valence-corrected chi connectivity index (χ2v) is 6.91. The third-order valence-electron chi connectivity index (χ3n) is 3.43. The molecule has 0 amide bonds. The molecule has 120 valence electrons. The maximum Gasteiger partial charge on any atom is 0.233 e. The first-order valence-electron chi connectivity index (χ1n) is 7.27. The van der Waals surface area contributed by atoms with Gasteiger partial charge in [-0.25, -0.2) is 4.98 Å². The van der Waals surface area contributed by atoms with E-state index >= 15 is 0 Å². The highest BCUT2D eigenvalue weighted by Crippen LogP contribution is 2.27. The number of thiazole rings is 1. The Kier molecular flexibility index (Phi) is 4.10. The minimum atomic E-state index is 0.535. The van der Waals surface area contributed by atoms with Crippen LogP contribution in [0, 0.1) is 0 Å². The molecule has 0 aliphatic carbocycles. The van der Waals surface area contributed by atoms with E-state index in [1.54, 1.807) is 29.8 Å². The number of rotatable bonds is 5. The average Bonchev–Trinajstić information content (AvgIpc) is 3.36. The zero-order valence-electron chi connectivity index (χ0n) is 12.8. The van der Waals surface area contributed by atoms with Gasteiger partial charge < -0.3 is 9.26 Å². The highest BCUT2D eigenvalue weighted by Gasteiger charge is 2.12. The van der Waals surface area contributed by atoms with Crippen LogP contribution >= 0.6 is 22.7 Å². The summed E-state index contributed by atoms with van der Waals surface area (Å²) in [6, 6.07) is 11.8. The molecule has 0 unspecified atom stereocenters. The van der Waals surface area contributed by atoms with Crippen LogP contribution in [0.15, 0.2) is 51.7 Å². The molecule has 0 spiro atoms. The van der Waals surface area contributed by atoms with Gasteiger partial charge in [0.25, 0.3) is 0 Å². The fourth-order valence-corrected chi connectivity index (χ4v) is 3.71. The molecule has 0 saturated heterocycles. The number of benzene rings is 1. The van der Waals surface area contributed by atoms with Crippen LogP contribution in [0.3, 0.4) is 0 Å². The lowest BCUT2D eigenvalue weighted by Crippen LogP contribution is -1.88. The normalized spacial score (nSPS) is 10.9. The van der Waals surface area contributed by atoms with Crippen LogP contribution in [0.4, 0.5) is 0 Å². The van der Waals surface area contributed by atoms with Crippen LogP contribution in [0.2, 0.25) is 0 Å². The molecular weight excluding hydrogens is 342 g/mol. The van der Waals surface area contributed by atoms with E-state index in [0.717, 1.165) is 26.9 Å². The van der Waals surface area contributed by atoms with Crippen LogP contribution in [-0.2, 0) is 6.42 Å². The Bertz CT molecular complexity index is 944. The minimum Gasteiger partial charge on any atom is -0.497 e. The van der Waals surface area contributed by atoms with Gasteiger partial charge in [-0.15, -0.1) is 22.7 Å². The molecular formula is C17H13N3O2S2. The molecule has 0 N–H and O–H groups in total. The molecule has 0 aliphatic heterocycles. The summed E-state index contributed by atoms with van der Waals surface area (Å²) in [6.07, 6.45) is 0.535. The van der Waals surface area contributed by atoms with Gasteiger partial charge in [0, 0.05) is 10.9 Å². The van der Waals surface area contributed by atoms with Gasteiger partial charge in [0.1, 0.15) is 10.8 Å². The summed E-state index contributed by atoms with van der Waals surface area (Å²) in [5, 5.41) is 8.99. The first-order chi connectivity index (χ1) is 11.8. The van der Waals surface area contributed by atoms with Crippen molar-refractivity contribution < 1.29 is 9.26 Å². The van der Waals surface area contributed by atoms with Crippen molar-refractivity contribution in [2.45, 2.75) is 6.42 Å². The summed E-state index contributed by atoms with van der Waals surface area (Å²) >= 11 is 3.17. The molecule has 0 atom stereocenters. The highest BCUT2D eigenvalue weighted by atomic mass is 32.1. The first kappa shape index (κ1) is 15.0. The third-order valence-corrected chi connectivity index (χ3v) is 5.14. The number of nitrogens with zero attached hydrogens (tertiary/aromatic N) is 3. The Balaban J connectivity index is 1.53. The smallest absolute Gasteiger partial charge is 0.233 e. The summed E-state index contributed by atoms with van der Waals surface area (Å²) in [4.78, 5) is 10.1. The molecule has 4 aromatic rings. The zero-order chi connectivity index (χ0) is 16.4. The number of aromatic nitrogens is 3. The lowest BCUT2D eigenvalue weighted by Gasteiger charge is -2.01. The van der Waals surface area contributed by atoms with Crippen LogP contribution in [-0.4, -0.2) is 22.2 Å². The summed E-state index contributed by atoms with van der Waals surface area (Å²) in [6.45, 7) is 0. The number of methoxy groups -OCH3 is 1. The molecule has 5 nitrogen and oxygen atoms in total. The van der Waals surface area contributed by atoms with Gasteiger partial charge in [0.05, 0.1) is 24.1 Å². The van der Waals surface area contributed by atoms with E-state index in [2.05, 4.69) is 15.1 Å². The molecule has 3 heterocycles. The summed E-state index contributed by atoms with van der Waals surface area (Å²) in [5.74, 6) is 2.02. The van der Waals surface area contributed by atoms with Crippen molar-refractivity contribution in [3.8, 4) is 27.7 Å². The van der Waals surface area contributed by atoms with E-state index in [1.165, 1.54) is 0 Å². The van der Waals surface area contributed by atoms with Crippen molar-refractivity contribution in [2.24, 2.45) is 0 Å². The summed E-state index contributed by atoms with van der Waals surface area (Å²) < 4.78 is 10.6. The van der Waals surface area contributed by atoms with E-state index in [4.69, 9.17) is 9.26 Å². The molecule has 0 saturated carbocycles. The van der Waals surface area contributed by atoms with E-state index in [1.807, 2.05) is 47.2 Å². The van der Waals surface area contributed by atoms with Gasteiger partial charge >= 0.3 is 0 Å². The van der Waals surface area contributed by atoms with Crippen LogP contribution in [0.25, 0.3) is 22.0 Å². The lowest BCUT2D eigenvalue weighted by atomic mass is 10.2. The van der Waals surface area contributed by atoms with Crippen LogP contribution < -0.4 is 4.74 Å². The Morgan fingerprint density at radius 3 is 2.92 bits per heavy atom. The van der Waals surface area contributed by atoms with E-state index in [-0.39, 0.29) is 0 Å². The Morgan fingerprint density at radius 2 is 2.08 bits per heavy atom. The summed E-state index contributed by atoms with van der Waals surface area (Å²) in [7, 11) is 1.66. The van der Waals surface area contributed by atoms with Crippen molar-refractivity contribution >= 4 is 22.7 Å². The third kappa shape index (κ3) is 3.08. The monoisotopic (exact) mass is 355 g/mol. The van der Waals surface area contributed by atoms with E-state index < -0.39 is 0 Å². The average molecular weight is 355 g/mol. The topological polar surface area (TPSA) is 61.0 Å². The Morgan fingerprint density at radius 1 is 1.12 bits per heavy atom. The highest BCUT2D eigenvalue weighted by molar-refractivity contribution is 7.13. The number of ether oxygens (including phenoxy) is 1. The zero-order valence-corrected chi connectivity index (χ0v) is 14.4. The molecule has 0 radical (unpaired) electrons. The number of hydrogen-bond acceptors (Lipinski definition) is 7. The molecule has 3 aromatic heterocycles. The maximum absolute atomic E-state index is 5.34. The van der Waals surface area contributed by atoms with Crippen molar-refractivity contribution in [1.82, 2.24) is 15.1 Å². The molecule has 4 rings (SSSR count). The van der Waals surface area contributed by atoms with Crippen molar-refractivity contribution in [2.75, 3.05) is 7.11 Å². The molecule has 7 heteroatoms. The Labute approximate surface area is 146 Å². The van der Waals surface area contributed by atoms with Gasteiger partial charge in [-0.3, -0.25) is 0 Å². The Hall–Kier alpha value is -2.51. The van der Waals surface area contributed by atoms with Gasteiger partial charge in [-0.1, -0.05) is 23.4 Å². The largest absolute Gasteiger partial charge is 0.497 e. The van der Waals surface area contributed by atoms with Gasteiger partial charge in [0.2, 0.25) is 11.7 Å². The molecule has 0 bridgehead atoms. The second-order valence-electron chi connectivity index (χ2n) is 5.02. The first-order valence-corrected chi connectivity index (χ1v) is 9.03. The fraction of sp³-hybridized carbons (Fsp3) is 0.118. The molecule has 1 aromatic carbocycles. The fourth-order valence-electron chi connectivity index (χ4n) is 2.27. The van der Waals surface area contributed by atoms with Gasteiger partial charge in [0.15, 0.2) is 0 Å².